The van der Waals surface area contributed by atoms with Crippen molar-refractivity contribution in [3.05, 3.63) is 35.4 Å². The number of furan rings is 1. The highest BCUT2D eigenvalue weighted by molar-refractivity contribution is 7.90. The fourth-order valence-corrected chi connectivity index (χ4v) is 3.71. The molecule has 1 N–H and O–H groups in total. The third-order valence-electron chi connectivity index (χ3n) is 2.84. The molecule has 0 unspecified atom stereocenters. The maximum Gasteiger partial charge on any atom is 0.214 e. The van der Waals surface area contributed by atoms with Crippen molar-refractivity contribution in [2.75, 3.05) is 0 Å². The summed E-state index contributed by atoms with van der Waals surface area (Å²) in [6.45, 7) is 0.226. The Labute approximate surface area is 110 Å². The Morgan fingerprint density at radius 2 is 2.17 bits per heavy atom. The van der Waals surface area contributed by atoms with E-state index in [0.29, 0.717) is 5.76 Å². The van der Waals surface area contributed by atoms with Gasteiger partial charge in [0.2, 0.25) is 10.0 Å². The van der Waals surface area contributed by atoms with Gasteiger partial charge in [-0.25, -0.2) is 13.1 Å². The molecule has 0 amide bonds. The molecule has 1 saturated carbocycles. The van der Waals surface area contributed by atoms with Gasteiger partial charge >= 0.3 is 0 Å². The molecule has 4 nitrogen and oxygen atoms in total. The van der Waals surface area contributed by atoms with Crippen LogP contribution in [0.5, 0.6) is 0 Å². The van der Waals surface area contributed by atoms with E-state index in [1.807, 2.05) is 29.6 Å². The van der Waals surface area contributed by atoms with E-state index in [4.69, 9.17) is 4.42 Å². The van der Waals surface area contributed by atoms with Gasteiger partial charge in [0.1, 0.15) is 11.5 Å². The lowest BCUT2D eigenvalue weighted by Gasteiger charge is -2.02. The average Bonchev–Trinajstić information content (AvgIpc) is 2.91. The summed E-state index contributed by atoms with van der Waals surface area (Å²) in [4.78, 5) is 1.05. The standard InChI is InChI=1S/C12H13NO3S2/c14-18(15,10-4-5-10)13-8-9-3-6-11(16-9)12-2-1-7-17-12/h1-3,6-7,10,13H,4-5,8H2. The van der Waals surface area contributed by atoms with Crippen LogP contribution < -0.4 is 4.72 Å². The first kappa shape index (κ1) is 12.0. The predicted octanol–water partition coefficient (Wildman–Crippen LogP) is 2.59. The molecule has 1 aliphatic carbocycles. The topological polar surface area (TPSA) is 59.3 Å². The van der Waals surface area contributed by atoms with Crippen molar-refractivity contribution in [2.24, 2.45) is 0 Å². The van der Waals surface area contributed by atoms with E-state index in [-0.39, 0.29) is 11.8 Å². The van der Waals surface area contributed by atoms with Crippen LogP contribution in [0.1, 0.15) is 18.6 Å². The zero-order chi connectivity index (χ0) is 12.6. The van der Waals surface area contributed by atoms with Gasteiger partial charge in [0.05, 0.1) is 16.7 Å². The fourth-order valence-electron chi connectivity index (χ4n) is 1.69. The van der Waals surface area contributed by atoms with E-state index in [0.717, 1.165) is 23.5 Å². The Hall–Kier alpha value is -1.11. The van der Waals surface area contributed by atoms with E-state index < -0.39 is 10.0 Å². The summed E-state index contributed by atoms with van der Waals surface area (Å²) in [5.41, 5.74) is 0. The molecular formula is C12H13NO3S2. The van der Waals surface area contributed by atoms with Crippen LogP contribution in [0.4, 0.5) is 0 Å². The Kier molecular flexibility index (Phi) is 3.01. The highest BCUT2D eigenvalue weighted by atomic mass is 32.2. The van der Waals surface area contributed by atoms with E-state index >= 15 is 0 Å². The minimum atomic E-state index is -3.14. The maximum atomic E-state index is 11.7. The molecular weight excluding hydrogens is 270 g/mol. The van der Waals surface area contributed by atoms with Crippen LogP contribution in [0.25, 0.3) is 10.6 Å². The second-order valence-electron chi connectivity index (χ2n) is 4.31. The lowest BCUT2D eigenvalue weighted by atomic mass is 10.3. The molecule has 0 atom stereocenters. The Balaban J connectivity index is 1.67. The van der Waals surface area contributed by atoms with Crippen molar-refractivity contribution in [1.29, 1.82) is 0 Å². The Morgan fingerprint density at radius 3 is 2.83 bits per heavy atom. The number of hydrogen-bond donors (Lipinski definition) is 1. The predicted molar refractivity (Wildman–Crippen MR) is 70.8 cm³/mol. The third-order valence-corrected chi connectivity index (χ3v) is 5.62. The monoisotopic (exact) mass is 283 g/mol. The first-order valence-electron chi connectivity index (χ1n) is 5.76. The minimum absolute atomic E-state index is 0.191. The second kappa shape index (κ2) is 4.53. The molecule has 1 fully saturated rings. The summed E-state index contributed by atoms with van der Waals surface area (Å²) >= 11 is 1.60. The first-order chi connectivity index (χ1) is 8.65. The largest absolute Gasteiger partial charge is 0.459 e. The van der Waals surface area contributed by atoms with Crippen LogP contribution in [0.2, 0.25) is 0 Å². The second-order valence-corrected chi connectivity index (χ2v) is 7.30. The van der Waals surface area contributed by atoms with Gasteiger partial charge in [0.15, 0.2) is 0 Å². The number of rotatable bonds is 5. The molecule has 6 heteroatoms. The van der Waals surface area contributed by atoms with Crippen molar-refractivity contribution in [3.8, 4) is 10.6 Å². The molecule has 0 saturated heterocycles. The van der Waals surface area contributed by atoms with Gasteiger partial charge in [-0.2, -0.15) is 0 Å². The van der Waals surface area contributed by atoms with Crippen molar-refractivity contribution < 1.29 is 12.8 Å². The van der Waals surface area contributed by atoms with Crippen molar-refractivity contribution in [3.63, 3.8) is 0 Å². The first-order valence-corrected chi connectivity index (χ1v) is 8.19. The average molecular weight is 283 g/mol. The van der Waals surface area contributed by atoms with Gasteiger partial charge in [-0.05, 0) is 36.4 Å². The number of sulfonamides is 1. The molecule has 0 aromatic carbocycles. The minimum Gasteiger partial charge on any atom is -0.459 e. The van der Waals surface area contributed by atoms with Crippen molar-refractivity contribution in [2.45, 2.75) is 24.6 Å². The zero-order valence-electron chi connectivity index (χ0n) is 9.63. The van der Waals surface area contributed by atoms with Gasteiger partial charge in [0.25, 0.3) is 0 Å². The molecule has 2 aromatic heterocycles. The van der Waals surface area contributed by atoms with Gasteiger partial charge in [-0.3, -0.25) is 0 Å². The van der Waals surface area contributed by atoms with E-state index in [2.05, 4.69) is 4.72 Å². The van der Waals surface area contributed by atoms with E-state index in [9.17, 15) is 8.42 Å². The van der Waals surface area contributed by atoms with Crippen LogP contribution in [0.15, 0.2) is 34.1 Å². The molecule has 2 aromatic rings. The van der Waals surface area contributed by atoms with E-state index in [1.54, 1.807) is 11.3 Å². The summed E-state index contributed by atoms with van der Waals surface area (Å²) in [5.74, 6) is 1.42. The summed E-state index contributed by atoms with van der Waals surface area (Å²) in [5, 5.41) is 1.79. The summed E-state index contributed by atoms with van der Waals surface area (Å²) in [7, 11) is -3.14. The van der Waals surface area contributed by atoms with Crippen molar-refractivity contribution >= 4 is 21.4 Å². The third kappa shape index (κ3) is 2.50. The van der Waals surface area contributed by atoms with Gasteiger partial charge in [0, 0.05) is 0 Å². The zero-order valence-corrected chi connectivity index (χ0v) is 11.3. The molecule has 18 heavy (non-hydrogen) atoms. The molecule has 2 heterocycles. The quantitative estimate of drug-likeness (QED) is 0.917. The summed E-state index contributed by atoms with van der Waals surface area (Å²) < 4.78 is 31.5. The molecule has 0 radical (unpaired) electrons. The number of nitrogens with one attached hydrogen (secondary N) is 1. The van der Waals surface area contributed by atoms with Gasteiger partial charge in [-0.15, -0.1) is 11.3 Å². The SMILES string of the molecule is O=S(=O)(NCc1ccc(-c2cccs2)o1)C1CC1. The smallest absolute Gasteiger partial charge is 0.214 e. The summed E-state index contributed by atoms with van der Waals surface area (Å²) in [6.07, 6.45) is 1.54. The highest BCUT2D eigenvalue weighted by Crippen LogP contribution is 2.29. The molecule has 3 rings (SSSR count). The van der Waals surface area contributed by atoms with Crippen LogP contribution in [0.3, 0.4) is 0 Å². The molecule has 0 spiro atoms. The molecule has 1 aliphatic rings. The van der Waals surface area contributed by atoms with Crippen LogP contribution in [0, 0.1) is 0 Å². The Morgan fingerprint density at radius 1 is 1.33 bits per heavy atom. The molecule has 0 bridgehead atoms. The summed E-state index contributed by atoms with van der Waals surface area (Å²) in [6, 6.07) is 7.61. The lowest BCUT2D eigenvalue weighted by Crippen LogP contribution is -2.26. The van der Waals surface area contributed by atoms with Crippen LogP contribution >= 0.6 is 11.3 Å². The van der Waals surface area contributed by atoms with E-state index in [1.165, 1.54) is 0 Å². The number of hydrogen-bond acceptors (Lipinski definition) is 4. The molecule has 96 valence electrons. The molecule has 0 aliphatic heterocycles. The van der Waals surface area contributed by atoms with Gasteiger partial charge < -0.3 is 4.42 Å². The van der Waals surface area contributed by atoms with Crippen LogP contribution in [-0.2, 0) is 16.6 Å². The number of thiophene rings is 1. The fraction of sp³-hybridized carbons (Fsp3) is 0.333. The van der Waals surface area contributed by atoms with Gasteiger partial charge in [-0.1, -0.05) is 6.07 Å². The Bertz CT molecular complexity index is 624. The maximum absolute atomic E-state index is 11.7. The van der Waals surface area contributed by atoms with Crippen molar-refractivity contribution in [1.82, 2.24) is 4.72 Å². The van der Waals surface area contributed by atoms with Crippen LogP contribution in [-0.4, -0.2) is 13.7 Å². The highest BCUT2D eigenvalue weighted by Gasteiger charge is 2.35. The lowest BCUT2D eigenvalue weighted by molar-refractivity contribution is 0.510. The normalized spacial score (nSPS) is 16.0.